The number of nitrogens with one attached hydrogen (secondary N) is 2. The lowest BCUT2D eigenvalue weighted by Crippen LogP contribution is -2.46. The molecule has 0 spiro atoms. The van der Waals surface area contributed by atoms with Gasteiger partial charge >= 0.3 is 0 Å². The van der Waals surface area contributed by atoms with Crippen LogP contribution >= 0.6 is 0 Å². The van der Waals surface area contributed by atoms with Crippen LogP contribution in [0.5, 0.6) is 0 Å². The lowest BCUT2D eigenvalue weighted by molar-refractivity contribution is -0.131. The molecule has 2 unspecified atom stereocenters. The number of rotatable bonds is 7. The van der Waals surface area contributed by atoms with Gasteiger partial charge in [-0.2, -0.15) is 0 Å². The van der Waals surface area contributed by atoms with E-state index < -0.39 is 12.0 Å². The molecule has 2 fully saturated rings. The van der Waals surface area contributed by atoms with E-state index in [0.717, 1.165) is 18.8 Å². The topological polar surface area (TPSA) is 78.5 Å². The monoisotopic (exact) mass is 371 g/mol. The van der Waals surface area contributed by atoms with Gasteiger partial charge in [-0.25, -0.2) is 0 Å². The molecule has 2 N–H and O–H groups in total. The smallest absolute Gasteiger partial charge is 0.251 e. The maximum absolute atomic E-state index is 12.8. The van der Waals surface area contributed by atoms with Crippen LogP contribution in [0.3, 0.4) is 0 Å². The number of amides is 1. The van der Waals surface area contributed by atoms with E-state index in [1.807, 2.05) is 38.1 Å². The van der Waals surface area contributed by atoms with E-state index in [4.69, 9.17) is 0 Å². The molecule has 0 aromatic heterocycles. The van der Waals surface area contributed by atoms with Gasteiger partial charge in [-0.15, -0.1) is 0 Å². The Balaban J connectivity index is 1.68. The van der Waals surface area contributed by atoms with Crippen molar-refractivity contribution in [1.82, 2.24) is 10.6 Å². The molecule has 2 atom stereocenters. The van der Waals surface area contributed by atoms with Crippen LogP contribution in [0.1, 0.15) is 43.5 Å². The number of carbonyl (C=O) groups excluding carboxylic acids is 3. The predicted molar refractivity (Wildman–Crippen MR) is 105 cm³/mol. The Morgan fingerprint density at radius 2 is 1.85 bits per heavy atom. The molecule has 2 aliphatic rings. The number of carbonyl (C=O) groups is 3. The molecule has 6 heteroatoms. The quantitative estimate of drug-likeness (QED) is 0.715. The van der Waals surface area contributed by atoms with Crippen LogP contribution in [-0.4, -0.2) is 49.7 Å². The van der Waals surface area contributed by atoms with Crippen LogP contribution in [0.4, 0.5) is 5.69 Å². The maximum atomic E-state index is 12.8. The molecule has 6 nitrogen and oxygen atoms in total. The molecular formula is C21H29N3O3. The first-order valence-corrected chi connectivity index (χ1v) is 9.88. The number of ketones is 2. The van der Waals surface area contributed by atoms with Crippen molar-refractivity contribution >= 4 is 23.2 Å². The highest BCUT2D eigenvalue weighted by Gasteiger charge is 2.36. The Kier molecular flexibility index (Phi) is 6.26. The van der Waals surface area contributed by atoms with Gasteiger partial charge in [0.05, 0.1) is 18.5 Å². The van der Waals surface area contributed by atoms with Crippen molar-refractivity contribution < 1.29 is 14.4 Å². The second-order valence-electron chi connectivity index (χ2n) is 7.95. The van der Waals surface area contributed by atoms with E-state index in [2.05, 4.69) is 15.5 Å². The summed E-state index contributed by atoms with van der Waals surface area (Å²) >= 11 is 0. The van der Waals surface area contributed by atoms with Crippen molar-refractivity contribution in [1.29, 1.82) is 0 Å². The summed E-state index contributed by atoms with van der Waals surface area (Å²) in [5.74, 6) is -0.938. The van der Waals surface area contributed by atoms with E-state index in [-0.39, 0.29) is 29.9 Å². The van der Waals surface area contributed by atoms with Crippen molar-refractivity contribution in [2.75, 3.05) is 31.1 Å². The van der Waals surface area contributed by atoms with Gasteiger partial charge in [0.2, 0.25) is 0 Å². The molecule has 0 bridgehead atoms. The summed E-state index contributed by atoms with van der Waals surface area (Å²) < 4.78 is 0. The molecule has 0 aliphatic carbocycles. The first-order valence-electron chi connectivity index (χ1n) is 9.88. The van der Waals surface area contributed by atoms with Gasteiger partial charge in [0, 0.05) is 30.9 Å². The van der Waals surface area contributed by atoms with Gasteiger partial charge < -0.3 is 15.5 Å². The number of hydrogen-bond acceptors (Lipinski definition) is 5. The van der Waals surface area contributed by atoms with Crippen molar-refractivity contribution in [3.05, 3.63) is 29.8 Å². The third-order valence-electron chi connectivity index (χ3n) is 5.34. The fourth-order valence-electron chi connectivity index (χ4n) is 3.84. The van der Waals surface area contributed by atoms with Crippen molar-refractivity contribution in [2.24, 2.45) is 11.8 Å². The van der Waals surface area contributed by atoms with Gasteiger partial charge in [-0.3, -0.25) is 14.4 Å². The minimum absolute atomic E-state index is 0.0852. The number of hydrogen-bond donors (Lipinski definition) is 2. The minimum atomic E-state index is -0.647. The minimum Gasteiger partial charge on any atom is -0.372 e. The van der Waals surface area contributed by atoms with Crippen LogP contribution in [0.2, 0.25) is 0 Å². The highest BCUT2D eigenvalue weighted by Crippen LogP contribution is 2.21. The zero-order valence-corrected chi connectivity index (χ0v) is 16.2. The summed E-state index contributed by atoms with van der Waals surface area (Å²) in [5, 5.41) is 5.81. The zero-order valence-electron chi connectivity index (χ0n) is 16.2. The van der Waals surface area contributed by atoms with E-state index in [0.29, 0.717) is 18.5 Å². The van der Waals surface area contributed by atoms with Gasteiger partial charge in [0.25, 0.3) is 5.91 Å². The van der Waals surface area contributed by atoms with Crippen molar-refractivity contribution in [3.8, 4) is 0 Å². The van der Waals surface area contributed by atoms with Crippen molar-refractivity contribution in [3.63, 3.8) is 0 Å². The van der Waals surface area contributed by atoms with Crippen LogP contribution in [0.25, 0.3) is 0 Å². The number of Topliss-reactive ketones (excluding diaryl/α,β-unsaturated/α-hetero) is 2. The fraction of sp³-hybridized carbons (Fsp3) is 0.571. The molecule has 2 heterocycles. The molecule has 1 amide bonds. The average molecular weight is 371 g/mol. The Morgan fingerprint density at radius 3 is 2.41 bits per heavy atom. The molecule has 1 aromatic rings. The summed E-state index contributed by atoms with van der Waals surface area (Å²) in [6.45, 7) is 6.72. The Hall–Kier alpha value is -2.21. The van der Waals surface area contributed by atoms with E-state index >= 15 is 0 Å². The second kappa shape index (κ2) is 8.65. The highest BCUT2D eigenvalue weighted by atomic mass is 16.2. The number of benzene rings is 1. The largest absolute Gasteiger partial charge is 0.372 e. The van der Waals surface area contributed by atoms with Gasteiger partial charge in [-0.1, -0.05) is 13.8 Å². The molecule has 0 radical (unpaired) electrons. The maximum Gasteiger partial charge on any atom is 0.251 e. The van der Waals surface area contributed by atoms with Gasteiger partial charge in [0.15, 0.2) is 11.6 Å². The third-order valence-corrected chi connectivity index (χ3v) is 5.34. The molecule has 146 valence electrons. The summed E-state index contributed by atoms with van der Waals surface area (Å²) in [5.41, 5.74) is 1.66. The van der Waals surface area contributed by atoms with Crippen molar-refractivity contribution in [2.45, 2.75) is 39.2 Å². The molecule has 2 saturated heterocycles. The zero-order chi connectivity index (χ0) is 19.4. The second-order valence-corrected chi connectivity index (χ2v) is 7.95. The summed E-state index contributed by atoms with van der Waals surface area (Å²) in [7, 11) is 0. The molecule has 0 saturated carbocycles. The summed E-state index contributed by atoms with van der Waals surface area (Å²) in [4.78, 5) is 39.7. The van der Waals surface area contributed by atoms with Crippen LogP contribution < -0.4 is 15.5 Å². The number of nitrogens with zero attached hydrogens (tertiary/aromatic N) is 1. The molecule has 3 rings (SSSR count). The molecule has 27 heavy (non-hydrogen) atoms. The average Bonchev–Trinajstić information content (AvgIpc) is 3.32. The Bertz CT molecular complexity index is 693. The fourth-order valence-corrected chi connectivity index (χ4v) is 3.84. The van der Waals surface area contributed by atoms with E-state index in [1.54, 1.807) is 0 Å². The van der Waals surface area contributed by atoms with E-state index in [9.17, 15) is 14.4 Å². The molecule has 1 aromatic carbocycles. The van der Waals surface area contributed by atoms with Crippen LogP contribution in [-0.2, 0) is 9.59 Å². The summed E-state index contributed by atoms with van der Waals surface area (Å²) in [6, 6.07) is 6.91. The van der Waals surface area contributed by atoms with E-state index in [1.165, 1.54) is 12.8 Å². The SMILES string of the molecule is CC(C)CC(NC(=O)c1ccc(N2CCCC2)cc1)C(=O)C1CNCC1=O. The first-order chi connectivity index (χ1) is 13.0. The van der Waals surface area contributed by atoms with Crippen LogP contribution in [0.15, 0.2) is 24.3 Å². The number of anilines is 1. The molecule has 2 aliphatic heterocycles. The lowest BCUT2D eigenvalue weighted by Gasteiger charge is -2.22. The van der Waals surface area contributed by atoms with Gasteiger partial charge in [0.1, 0.15) is 0 Å². The lowest BCUT2D eigenvalue weighted by atomic mass is 9.91. The first kappa shape index (κ1) is 19.5. The standard InChI is InChI=1S/C21H29N3O3/c1-14(2)11-18(20(26)17-12-22-13-19(17)25)23-21(27)15-5-7-16(8-6-15)24-9-3-4-10-24/h5-8,14,17-18,22H,3-4,9-13H2,1-2H3,(H,23,27). The Morgan fingerprint density at radius 1 is 1.19 bits per heavy atom. The normalized spacial score (nSPS) is 20.9. The Labute approximate surface area is 160 Å². The molecular weight excluding hydrogens is 342 g/mol. The highest BCUT2D eigenvalue weighted by molar-refractivity contribution is 6.08. The van der Waals surface area contributed by atoms with Gasteiger partial charge in [-0.05, 0) is 49.4 Å². The predicted octanol–water partition coefficient (Wildman–Crippen LogP) is 1.79. The summed E-state index contributed by atoms with van der Waals surface area (Å²) in [6.07, 6.45) is 2.94. The van der Waals surface area contributed by atoms with Crippen LogP contribution in [0, 0.1) is 11.8 Å². The third kappa shape index (κ3) is 4.75.